The van der Waals surface area contributed by atoms with Crippen molar-refractivity contribution in [3.63, 3.8) is 0 Å². The van der Waals surface area contributed by atoms with Crippen LogP contribution in [0.3, 0.4) is 0 Å². The van der Waals surface area contributed by atoms with E-state index in [0.717, 1.165) is 16.9 Å². The fourth-order valence-corrected chi connectivity index (χ4v) is 1.84. The lowest BCUT2D eigenvalue weighted by Crippen LogP contribution is -2.05. The van der Waals surface area contributed by atoms with E-state index in [1.807, 2.05) is 0 Å². The van der Waals surface area contributed by atoms with Crippen LogP contribution in [0.15, 0.2) is 18.2 Å². The van der Waals surface area contributed by atoms with Crippen LogP contribution in [0, 0.1) is 0 Å². The molecule has 0 amide bonds. The molecule has 1 nitrogen and oxygen atoms in total. The first-order chi connectivity index (χ1) is 7.43. The fourth-order valence-electron chi connectivity index (χ4n) is 1.68. The van der Waals surface area contributed by atoms with Gasteiger partial charge in [-0.1, -0.05) is 45.9 Å². The molecule has 0 aliphatic heterocycles. The summed E-state index contributed by atoms with van der Waals surface area (Å²) in [6.07, 6.45) is 0. The smallest absolute Gasteiger partial charge is 0.260 e. The summed E-state index contributed by atoms with van der Waals surface area (Å²) in [5.41, 5.74) is 2.29. The molecule has 16 heavy (non-hydrogen) atoms. The highest BCUT2D eigenvalue weighted by molar-refractivity contribution is 7.82. The van der Waals surface area contributed by atoms with Gasteiger partial charge >= 0.3 is 0 Å². The van der Waals surface area contributed by atoms with E-state index in [0.29, 0.717) is 11.8 Å². The van der Waals surface area contributed by atoms with Crippen molar-refractivity contribution in [2.75, 3.05) is 0 Å². The maximum atomic E-state index is 5.67. The van der Waals surface area contributed by atoms with Crippen LogP contribution in [0.5, 0.6) is 5.75 Å². The predicted octanol–water partition coefficient (Wildman–Crippen LogP) is 4.84. The Morgan fingerprint density at radius 2 is 1.56 bits per heavy atom. The maximum absolute atomic E-state index is 5.67. The molecule has 1 aromatic carbocycles. The van der Waals surface area contributed by atoms with Gasteiger partial charge in [-0.2, -0.15) is 0 Å². The van der Waals surface area contributed by atoms with Gasteiger partial charge in [0.15, 0.2) is 0 Å². The molecule has 0 atom stereocenters. The van der Waals surface area contributed by atoms with Crippen LogP contribution in [0.2, 0.25) is 0 Å². The summed E-state index contributed by atoms with van der Waals surface area (Å²) >= 11 is 10.5. The number of rotatable bonds is 3. The molecule has 0 aliphatic rings. The second kappa shape index (κ2) is 5.65. The van der Waals surface area contributed by atoms with Gasteiger partial charge < -0.3 is 4.74 Å². The normalized spacial score (nSPS) is 10.9. The molecule has 0 spiro atoms. The van der Waals surface area contributed by atoms with E-state index >= 15 is 0 Å². The van der Waals surface area contributed by atoms with Gasteiger partial charge in [-0.05, 0) is 46.8 Å². The number of thiocarbonyl (C=S) groups is 1. The minimum atomic E-state index is 0.0509. The number of halogens is 1. The molecule has 0 aromatic heterocycles. The molecule has 0 unspecified atom stereocenters. The van der Waals surface area contributed by atoms with Crippen molar-refractivity contribution in [1.82, 2.24) is 0 Å². The molecular weight excluding hydrogens is 240 g/mol. The first-order valence-electron chi connectivity index (χ1n) is 5.43. The van der Waals surface area contributed by atoms with Crippen LogP contribution in [0.25, 0.3) is 0 Å². The Morgan fingerprint density at radius 3 is 1.88 bits per heavy atom. The van der Waals surface area contributed by atoms with Crippen LogP contribution in [-0.4, -0.2) is 4.51 Å². The van der Waals surface area contributed by atoms with Gasteiger partial charge in [0, 0.05) is 0 Å². The van der Waals surface area contributed by atoms with Crippen molar-refractivity contribution in [3.05, 3.63) is 29.3 Å². The molecular formula is C13H17ClOS. The van der Waals surface area contributed by atoms with Crippen LogP contribution < -0.4 is 4.74 Å². The average Bonchev–Trinajstić information content (AvgIpc) is 2.16. The van der Waals surface area contributed by atoms with Gasteiger partial charge in [-0.3, -0.25) is 0 Å². The van der Waals surface area contributed by atoms with Crippen LogP contribution in [0.1, 0.15) is 50.7 Å². The first kappa shape index (κ1) is 13.5. The number of ether oxygens (including phenoxy) is 1. The van der Waals surface area contributed by atoms with E-state index < -0.39 is 0 Å². The zero-order chi connectivity index (χ0) is 12.3. The second-order valence-corrected chi connectivity index (χ2v) is 5.35. The largest absolute Gasteiger partial charge is 0.435 e. The van der Waals surface area contributed by atoms with Gasteiger partial charge in [0.1, 0.15) is 5.75 Å². The molecule has 3 heteroatoms. The number of para-hydroxylation sites is 1. The zero-order valence-corrected chi connectivity index (χ0v) is 11.7. The molecule has 0 saturated carbocycles. The molecule has 1 rings (SSSR count). The summed E-state index contributed by atoms with van der Waals surface area (Å²) in [6, 6.07) is 6.16. The quantitative estimate of drug-likeness (QED) is 0.566. The van der Waals surface area contributed by atoms with Gasteiger partial charge in [-0.15, -0.1) is 0 Å². The van der Waals surface area contributed by atoms with Crippen molar-refractivity contribution in [2.24, 2.45) is 0 Å². The molecule has 0 bridgehead atoms. The Kier molecular flexibility index (Phi) is 4.75. The lowest BCUT2D eigenvalue weighted by molar-refractivity contribution is 0.547. The monoisotopic (exact) mass is 256 g/mol. The van der Waals surface area contributed by atoms with Crippen LogP contribution in [-0.2, 0) is 0 Å². The average molecular weight is 257 g/mol. The van der Waals surface area contributed by atoms with Crippen molar-refractivity contribution < 1.29 is 4.74 Å². The molecule has 1 aromatic rings. The highest BCUT2D eigenvalue weighted by Crippen LogP contribution is 2.34. The van der Waals surface area contributed by atoms with E-state index in [2.05, 4.69) is 45.9 Å². The number of benzene rings is 1. The van der Waals surface area contributed by atoms with Gasteiger partial charge in [0.25, 0.3) is 4.51 Å². The van der Waals surface area contributed by atoms with E-state index in [9.17, 15) is 0 Å². The third-order valence-electron chi connectivity index (χ3n) is 2.50. The summed E-state index contributed by atoms with van der Waals surface area (Å²) in [5.74, 6) is 1.60. The van der Waals surface area contributed by atoms with Gasteiger partial charge in [-0.25, -0.2) is 0 Å². The zero-order valence-electron chi connectivity index (χ0n) is 10.1. The van der Waals surface area contributed by atoms with E-state index in [1.54, 1.807) is 0 Å². The maximum Gasteiger partial charge on any atom is 0.260 e. The molecule has 0 heterocycles. The summed E-state index contributed by atoms with van der Waals surface area (Å²) in [7, 11) is 0. The Balaban J connectivity index is 3.28. The number of hydrogen-bond acceptors (Lipinski definition) is 2. The topological polar surface area (TPSA) is 9.23 Å². The van der Waals surface area contributed by atoms with Crippen molar-refractivity contribution >= 4 is 28.3 Å². The Bertz CT molecular complexity index is 359. The summed E-state index contributed by atoms with van der Waals surface area (Å²) < 4.78 is 5.55. The molecule has 0 fully saturated rings. The van der Waals surface area contributed by atoms with E-state index in [1.165, 1.54) is 0 Å². The minimum absolute atomic E-state index is 0.0509. The Hall–Kier alpha value is -0.600. The third kappa shape index (κ3) is 3.19. The van der Waals surface area contributed by atoms with Crippen molar-refractivity contribution in [3.8, 4) is 5.75 Å². The molecule has 0 radical (unpaired) electrons. The van der Waals surface area contributed by atoms with Gasteiger partial charge in [0.2, 0.25) is 0 Å². The fraction of sp³-hybridized carbons (Fsp3) is 0.462. The van der Waals surface area contributed by atoms with Crippen LogP contribution in [0.4, 0.5) is 0 Å². The van der Waals surface area contributed by atoms with Crippen molar-refractivity contribution in [1.29, 1.82) is 0 Å². The summed E-state index contributed by atoms with van der Waals surface area (Å²) in [4.78, 5) is 0. The third-order valence-corrected chi connectivity index (χ3v) is 2.66. The molecule has 0 saturated heterocycles. The van der Waals surface area contributed by atoms with Gasteiger partial charge in [0.05, 0.1) is 0 Å². The lowest BCUT2D eigenvalue weighted by Gasteiger charge is -2.18. The SMILES string of the molecule is CC(C)c1cccc(C(C)C)c1OC(=S)Cl. The predicted molar refractivity (Wildman–Crippen MR) is 73.7 cm³/mol. The minimum Gasteiger partial charge on any atom is -0.435 e. The number of hydrogen-bond donors (Lipinski definition) is 0. The first-order valence-corrected chi connectivity index (χ1v) is 6.22. The molecule has 0 N–H and O–H groups in total. The highest BCUT2D eigenvalue weighted by Gasteiger charge is 2.15. The Labute approximate surface area is 108 Å². The summed E-state index contributed by atoms with van der Waals surface area (Å²) in [6.45, 7) is 8.51. The van der Waals surface area contributed by atoms with Crippen molar-refractivity contribution in [2.45, 2.75) is 39.5 Å². The second-order valence-electron chi connectivity index (χ2n) is 4.41. The standard InChI is InChI=1S/C13H17ClOS/c1-8(2)10-6-5-7-11(9(3)4)12(10)15-13(14)16/h5-9H,1-4H3. The van der Waals surface area contributed by atoms with E-state index in [4.69, 9.17) is 28.6 Å². The van der Waals surface area contributed by atoms with E-state index in [-0.39, 0.29) is 4.51 Å². The lowest BCUT2D eigenvalue weighted by atomic mass is 9.94. The summed E-state index contributed by atoms with van der Waals surface area (Å²) in [5, 5.41) is 0. The highest BCUT2D eigenvalue weighted by atomic mass is 35.5. The Morgan fingerprint density at radius 1 is 1.12 bits per heavy atom. The molecule has 0 aliphatic carbocycles. The van der Waals surface area contributed by atoms with Crippen LogP contribution >= 0.6 is 23.8 Å². The molecule has 88 valence electrons.